The van der Waals surface area contributed by atoms with Crippen LogP contribution in [0.4, 0.5) is 10.8 Å². The second-order valence-corrected chi connectivity index (χ2v) is 6.22. The number of carbonyl (C=O) groups is 1. The second kappa shape index (κ2) is 6.23. The van der Waals surface area contributed by atoms with Crippen LogP contribution in [0.15, 0.2) is 0 Å². The van der Waals surface area contributed by atoms with Gasteiger partial charge in [-0.3, -0.25) is 4.79 Å². The van der Waals surface area contributed by atoms with Crippen LogP contribution in [0, 0.1) is 5.92 Å². The topological polar surface area (TPSA) is 71.2 Å². The van der Waals surface area contributed by atoms with Gasteiger partial charge in [0.25, 0.3) is 5.91 Å². The highest BCUT2D eigenvalue weighted by atomic mass is 32.1. The molecular formula is C13H24N4OS. The first-order valence-electron chi connectivity index (χ1n) is 6.54. The van der Waals surface area contributed by atoms with Crippen LogP contribution < -0.4 is 16.0 Å². The molecule has 1 unspecified atom stereocenters. The second-order valence-electron chi connectivity index (χ2n) is 5.47. The van der Waals surface area contributed by atoms with E-state index in [2.05, 4.69) is 35.4 Å². The largest absolute Gasteiger partial charge is 0.382 e. The van der Waals surface area contributed by atoms with Crippen LogP contribution in [0.3, 0.4) is 0 Å². The molecule has 6 heteroatoms. The zero-order valence-corrected chi connectivity index (χ0v) is 13.3. The lowest BCUT2D eigenvalue weighted by Crippen LogP contribution is -2.36. The average Bonchev–Trinajstić information content (AvgIpc) is 2.68. The number of aromatic nitrogens is 1. The fourth-order valence-electron chi connectivity index (χ4n) is 1.71. The van der Waals surface area contributed by atoms with Crippen LogP contribution in [0.25, 0.3) is 0 Å². The number of nitrogens with zero attached hydrogens (tertiary/aromatic N) is 2. The molecule has 0 spiro atoms. The predicted octanol–water partition coefficient (Wildman–Crippen LogP) is 2.34. The monoisotopic (exact) mass is 284 g/mol. The molecule has 0 saturated carbocycles. The van der Waals surface area contributed by atoms with Gasteiger partial charge in [-0.15, -0.1) is 0 Å². The van der Waals surface area contributed by atoms with E-state index in [-0.39, 0.29) is 11.9 Å². The molecular weight excluding hydrogens is 260 g/mol. The molecule has 1 atom stereocenters. The van der Waals surface area contributed by atoms with Gasteiger partial charge >= 0.3 is 0 Å². The third kappa shape index (κ3) is 3.59. The lowest BCUT2D eigenvalue weighted by molar-refractivity contribution is 0.0944. The molecule has 0 aliphatic carbocycles. The highest BCUT2D eigenvalue weighted by Crippen LogP contribution is 2.32. The number of amides is 1. The molecule has 0 aliphatic heterocycles. The van der Waals surface area contributed by atoms with Gasteiger partial charge in [0.1, 0.15) is 10.6 Å². The van der Waals surface area contributed by atoms with E-state index in [4.69, 9.17) is 5.73 Å². The SMILES string of the molecule is CC(C)NC(=O)c1c(N)nsc1N(C)C(C)C(C)C. The van der Waals surface area contributed by atoms with Crippen molar-refractivity contribution in [2.45, 2.75) is 46.7 Å². The molecule has 1 heterocycles. The zero-order chi connectivity index (χ0) is 14.7. The summed E-state index contributed by atoms with van der Waals surface area (Å²) in [6, 6.07) is 0.387. The quantitative estimate of drug-likeness (QED) is 0.870. The number of nitrogen functional groups attached to an aromatic ring is 1. The molecule has 0 aromatic carbocycles. The summed E-state index contributed by atoms with van der Waals surface area (Å²) in [6.45, 7) is 10.3. The highest BCUT2D eigenvalue weighted by molar-refractivity contribution is 7.11. The Morgan fingerprint density at radius 2 is 1.89 bits per heavy atom. The molecule has 0 bridgehead atoms. The third-order valence-corrected chi connectivity index (χ3v) is 4.20. The normalized spacial score (nSPS) is 12.8. The van der Waals surface area contributed by atoms with E-state index in [0.29, 0.717) is 23.3 Å². The van der Waals surface area contributed by atoms with Crippen LogP contribution in [0.5, 0.6) is 0 Å². The molecule has 5 nitrogen and oxygen atoms in total. The summed E-state index contributed by atoms with van der Waals surface area (Å²) >= 11 is 1.28. The minimum absolute atomic E-state index is 0.0764. The number of anilines is 2. The standard InChI is InChI=1S/C13H24N4OS/c1-7(2)9(5)17(6)13-10(11(14)16-19-13)12(18)15-8(3)4/h7-9H,1-6H3,(H2,14,16)(H,15,18). The first-order valence-corrected chi connectivity index (χ1v) is 7.31. The maximum absolute atomic E-state index is 12.2. The van der Waals surface area contributed by atoms with Gasteiger partial charge in [-0.25, -0.2) is 0 Å². The molecule has 19 heavy (non-hydrogen) atoms. The van der Waals surface area contributed by atoms with Crippen molar-refractivity contribution in [2.75, 3.05) is 17.7 Å². The number of rotatable bonds is 5. The Balaban J connectivity index is 3.07. The van der Waals surface area contributed by atoms with Gasteiger partial charge in [0.2, 0.25) is 0 Å². The van der Waals surface area contributed by atoms with E-state index in [1.807, 2.05) is 20.9 Å². The summed E-state index contributed by atoms with van der Waals surface area (Å²) in [5.41, 5.74) is 6.34. The van der Waals surface area contributed by atoms with Crippen molar-refractivity contribution in [3.63, 3.8) is 0 Å². The summed E-state index contributed by atoms with van der Waals surface area (Å²) in [5, 5.41) is 3.70. The molecule has 1 aromatic rings. The van der Waals surface area contributed by atoms with E-state index in [9.17, 15) is 4.79 Å². The van der Waals surface area contributed by atoms with Gasteiger partial charge in [0.05, 0.1) is 0 Å². The number of nitrogens with one attached hydrogen (secondary N) is 1. The average molecular weight is 284 g/mol. The van der Waals surface area contributed by atoms with Gasteiger partial charge in [-0.1, -0.05) is 13.8 Å². The van der Waals surface area contributed by atoms with E-state index in [1.165, 1.54) is 11.5 Å². The summed E-state index contributed by atoms with van der Waals surface area (Å²) < 4.78 is 4.12. The van der Waals surface area contributed by atoms with Crippen LogP contribution >= 0.6 is 11.5 Å². The zero-order valence-electron chi connectivity index (χ0n) is 12.5. The van der Waals surface area contributed by atoms with Crippen LogP contribution in [-0.4, -0.2) is 29.4 Å². The molecule has 0 fully saturated rings. The Labute approximate surface area is 119 Å². The summed E-state index contributed by atoms with van der Waals surface area (Å²) in [4.78, 5) is 14.3. The Hall–Kier alpha value is -1.30. The van der Waals surface area contributed by atoms with Crippen molar-refractivity contribution in [1.82, 2.24) is 9.69 Å². The minimum Gasteiger partial charge on any atom is -0.382 e. The van der Waals surface area contributed by atoms with Crippen LogP contribution in [0.2, 0.25) is 0 Å². The maximum Gasteiger partial charge on any atom is 0.258 e. The number of nitrogens with two attached hydrogens (primary N) is 1. The highest BCUT2D eigenvalue weighted by Gasteiger charge is 2.25. The van der Waals surface area contributed by atoms with Crippen LogP contribution in [-0.2, 0) is 0 Å². The summed E-state index contributed by atoms with van der Waals surface area (Å²) in [5.74, 6) is 0.634. The van der Waals surface area contributed by atoms with Crippen molar-refractivity contribution in [2.24, 2.45) is 5.92 Å². The van der Waals surface area contributed by atoms with Gasteiger partial charge in [-0.05, 0) is 38.2 Å². The van der Waals surface area contributed by atoms with Gasteiger partial charge in [-0.2, -0.15) is 4.37 Å². The number of hydrogen-bond acceptors (Lipinski definition) is 5. The molecule has 0 aliphatic rings. The van der Waals surface area contributed by atoms with E-state index in [1.54, 1.807) is 0 Å². The van der Waals surface area contributed by atoms with Gasteiger partial charge in [0, 0.05) is 19.1 Å². The molecule has 0 saturated heterocycles. The third-order valence-electron chi connectivity index (χ3n) is 3.24. The molecule has 1 aromatic heterocycles. The fraction of sp³-hybridized carbons (Fsp3) is 0.692. The maximum atomic E-state index is 12.2. The van der Waals surface area contributed by atoms with Gasteiger partial charge < -0.3 is 16.0 Å². The molecule has 108 valence electrons. The first-order chi connectivity index (χ1) is 8.75. The first kappa shape index (κ1) is 15.8. The van der Waals surface area contributed by atoms with Crippen molar-refractivity contribution in [1.29, 1.82) is 0 Å². The van der Waals surface area contributed by atoms with E-state index in [0.717, 1.165) is 5.00 Å². The van der Waals surface area contributed by atoms with Crippen LogP contribution in [0.1, 0.15) is 45.0 Å². The van der Waals surface area contributed by atoms with E-state index < -0.39 is 0 Å². The Kier molecular flexibility index (Phi) is 5.17. The predicted molar refractivity (Wildman–Crippen MR) is 81.8 cm³/mol. The Morgan fingerprint density at radius 3 is 2.37 bits per heavy atom. The van der Waals surface area contributed by atoms with E-state index >= 15 is 0 Å². The van der Waals surface area contributed by atoms with Crippen molar-refractivity contribution < 1.29 is 4.79 Å². The van der Waals surface area contributed by atoms with Crippen molar-refractivity contribution in [3.05, 3.63) is 5.56 Å². The Morgan fingerprint density at radius 1 is 1.32 bits per heavy atom. The lowest BCUT2D eigenvalue weighted by atomic mass is 10.1. The molecule has 0 radical (unpaired) electrons. The fourth-order valence-corrected chi connectivity index (χ4v) is 2.57. The lowest BCUT2D eigenvalue weighted by Gasteiger charge is -2.29. The molecule has 3 N–H and O–H groups in total. The molecule has 1 rings (SSSR count). The summed E-state index contributed by atoms with van der Waals surface area (Å²) in [6.07, 6.45) is 0. The Bertz CT molecular complexity index is 442. The van der Waals surface area contributed by atoms with Gasteiger partial charge in [0.15, 0.2) is 5.82 Å². The smallest absolute Gasteiger partial charge is 0.258 e. The minimum atomic E-state index is -0.154. The summed E-state index contributed by atoms with van der Waals surface area (Å²) in [7, 11) is 1.98. The van der Waals surface area contributed by atoms with Crippen molar-refractivity contribution >= 4 is 28.3 Å². The number of hydrogen-bond donors (Lipinski definition) is 2. The molecule has 1 amide bonds. The van der Waals surface area contributed by atoms with Crippen molar-refractivity contribution in [3.8, 4) is 0 Å². The number of carbonyl (C=O) groups excluding carboxylic acids is 1.